The van der Waals surface area contributed by atoms with Crippen molar-refractivity contribution in [2.45, 2.75) is 58.4 Å². The van der Waals surface area contributed by atoms with Crippen LogP contribution in [0.4, 0.5) is 0 Å². The molecule has 1 aliphatic rings. The minimum atomic E-state index is 0.631. The van der Waals surface area contributed by atoms with Gasteiger partial charge in [0.25, 0.3) is 0 Å². The SMILES string of the molecule is COCC1CCCN(CCCCCCNC(C)C)C1. The van der Waals surface area contributed by atoms with E-state index in [4.69, 9.17) is 4.74 Å². The van der Waals surface area contributed by atoms with Gasteiger partial charge in [0.15, 0.2) is 0 Å². The van der Waals surface area contributed by atoms with Crippen molar-refractivity contribution in [3.8, 4) is 0 Å². The van der Waals surface area contributed by atoms with Crippen LogP contribution in [-0.2, 0) is 4.74 Å². The Bertz CT molecular complexity index is 207. The largest absolute Gasteiger partial charge is 0.384 e. The van der Waals surface area contributed by atoms with E-state index in [1.165, 1.54) is 64.7 Å². The lowest BCUT2D eigenvalue weighted by atomic mass is 9.98. The molecule has 0 aromatic carbocycles. The van der Waals surface area contributed by atoms with Gasteiger partial charge in [-0.15, -0.1) is 0 Å². The summed E-state index contributed by atoms with van der Waals surface area (Å²) < 4.78 is 5.29. The predicted octanol–water partition coefficient (Wildman–Crippen LogP) is 2.90. The first-order valence-electron chi connectivity index (χ1n) is 8.17. The number of rotatable bonds is 10. The highest BCUT2D eigenvalue weighted by atomic mass is 16.5. The van der Waals surface area contributed by atoms with Crippen LogP contribution in [0.1, 0.15) is 52.4 Å². The van der Waals surface area contributed by atoms with Crippen molar-refractivity contribution in [1.82, 2.24) is 10.2 Å². The summed E-state index contributed by atoms with van der Waals surface area (Å²) in [6.07, 6.45) is 8.14. The number of nitrogens with zero attached hydrogens (tertiary/aromatic N) is 1. The van der Waals surface area contributed by atoms with Gasteiger partial charge < -0.3 is 15.0 Å². The predicted molar refractivity (Wildman–Crippen MR) is 82.6 cm³/mol. The molecule has 1 atom stereocenters. The number of piperidine rings is 1. The molecule has 0 aliphatic carbocycles. The van der Waals surface area contributed by atoms with Crippen LogP contribution in [0.15, 0.2) is 0 Å². The van der Waals surface area contributed by atoms with Crippen LogP contribution in [-0.4, -0.2) is 50.8 Å². The number of hydrogen-bond donors (Lipinski definition) is 1. The zero-order valence-corrected chi connectivity index (χ0v) is 13.3. The third kappa shape index (κ3) is 8.61. The second-order valence-corrected chi connectivity index (χ2v) is 6.29. The second kappa shape index (κ2) is 10.6. The molecule has 1 fully saturated rings. The maximum Gasteiger partial charge on any atom is 0.0502 e. The minimum absolute atomic E-state index is 0.631. The van der Waals surface area contributed by atoms with Crippen molar-refractivity contribution < 1.29 is 4.74 Å². The Kier molecular flexibility index (Phi) is 9.48. The highest BCUT2D eigenvalue weighted by Gasteiger charge is 2.18. The lowest BCUT2D eigenvalue weighted by Crippen LogP contribution is -2.37. The van der Waals surface area contributed by atoms with Gasteiger partial charge in [0, 0.05) is 19.7 Å². The Morgan fingerprint density at radius 2 is 2.00 bits per heavy atom. The quantitative estimate of drug-likeness (QED) is 0.618. The molecule has 1 unspecified atom stereocenters. The van der Waals surface area contributed by atoms with E-state index in [0.717, 1.165) is 12.5 Å². The molecule has 1 heterocycles. The highest BCUT2D eigenvalue weighted by molar-refractivity contribution is 4.72. The summed E-state index contributed by atoms with van der Waals surface area (Å²) in [5.41, 5.74) is 0. The number of likely N-dealkylation sites (tertiary alicyclic amines) is 1. The smallest absolute Gasteiger partial charge is 0.0502 e. The molecule has 114 valence electrons. The van der Waals surface area contributed by atoms with E-state index in [1.54, 1.807) is 0 Å². The van der Waals surface area contributed by atoms with Crippen LogP contribution < -0.4 is 5.32 Å². The summed E-state index contributed by atoms with van der Waals surface area (Å²) in [4.78, 5) is 2.64. The van der Waals surface area contributed by atoms with Crippen molar-refractivity contribution in [3.63, 3.8) is 0 Å². The fourth-order valence-corrected chi connectivity index (χ4v) is 2.93. The molecular weight excluding hydrogens is 236 g/mol. The minimum Gasteiger partial charge on any atom is -0.384 e. The molecule has 0 radical (unpaired) electrons. The second-order valence-electron chi connectivity index (χ2n) is 6.29. The average molecular weight is 270 g/mol. The summed E-state index contributed by atoms with van der Waals surface area (Å²) in [5.74, 6) is 0.772. The van der Waals surface area contributed by atoms with Gasteiger partial charge in [0.2, 0.25) is 0 Å². The monoisotopic (exact) mass is 270 g/mol. The maximum absolute atomic E-state index is 5.29. The Balaban J connectivity index is 1.94. The number of hydrogen-bond acceptors (Lipinski definition) is 3. The Labute approximate surface area is 120 Å². The Morgan fingerprint density at radius 1 is 1.21 bits per heavy atom. The van der Waals surface area contributed by atoms with E-state index < -0.39 is 0 Å². The van der Waals surface area contributed by atoms with Crippen LogP contribution in [0.5, 0.6) is 0 Å². The molecule has 3 nitrogen and oxygen atoms in total. The molecule has 1 N–H and O–H groups in total. The van der Waals surface area contributed by atoms with Crippen LogP contribution in [0.2, 0.25) is 0 Å². The topological polar surface area (TPSA) is 24.5 Å². The van der Waals surface area contributed by atoms with E-state index in [-0.39, 0.29) is 0 Å². The molecule has 0 spiro atoms. The lowest BCUT2D eigenvalue weighted by molar-refractivity contribution is 0.0898. The molecule has 0 aromatic rings. The van der Waals surface area contributed by atoms with Crippen molar-refractivity contribution in [2.75, 3.05) is 39.9 Å². The number of nitrogens with one attached hydrogen (secondary N) is 1. The third-order valence-electron chi connectivity index (χ3n) is 3.96. The number of ether oxygens (including phenoxy) is 1. The Morgan fingerprint density at radius 3 is 2.74 bits per heavy atom. The lowest BCUT2D eigenvalue weighted by Gasteiger charge is -2.32. The zero-order valence-electron chi connectivity index (χ0n) is 13.3. The van der Waals surface area contributed by atoms with Gasteiger partial charge in [-0.05, 0) is 51.2 Å². The molecule has 3 heteroatoms. The van der Waals surface area contributed by atoms with E-state index in [0.29, 0.717) is 6.04 Å². The van der Waals surface area contributed by atoms with Crippen molar-refractivity contribution in [2.24, 2.45) is 5.92 Å². The molecule has 0 bridgehead atoms. The van der Waals surface area contributed by atoms with E-state index in [9.17, 15) is 0 Å². The van der Waals surface area contributed by atoms with Gasteiger partial charge in [0.05, 0.1) is 6.61 Å². The summed E-state index contributed by atoms with van der Waals surface area (Å²) in [6.45, 7) is 10.4. The first-order chi connectivity index (χ1) is 9.22. The summed E-state index contributed by atoms with van der Waals surface area (Å²) in [6, 6.07) is 0.631. The highest BCUT2D eigenvalue weighted by Crippen LogP contribution is 2.17. The van der Waals surface area contributed by atoms with E-state index >= 15 is 0 Å². The fourth-order valence-electron chi connectivity index (χ4n) is 2.93. The van der Waals surface area contributed by atoms with Gasteiger partial charge in [-0.1, -0.05) is 26.7 Å². The summed E-state index contributed by atoms with van der Waals surface area (Å²) >= 11 is 0. The van der Waals surface area contributed by atoms with Crippen molar-refractivity contribution in [1.29, 1.82) is 0 Å². The first-order valence-corrected chi connectivity index (χ1v) is 8.17. The van der Waals surface area contributed by atoms with Gasteiger partial charge in [0.1, 0.15) is 0 Å². The van der Waals surface area contributed by atoms with Crippen LogP contribution >= 0.6 is 0 Å². The molecule has 1 rings (SSSR count). The molecule has 19 heavy (non-hydrogen) atoms. The summed E-state index contributed by atoms with van der Waals surface area (Å²) in [5, 5.41) is 3.48. The van der Waals surface area contributed by atoms with Crippen LogP contribution in [0.25, 0.3) is 0 Å². The molecule has 0 aromatic heterocycles. The van der Waals surface area contributed by atoms with Gasteiger partial charge in [-0.3, -0.25) is 0 Å². The molecule has 0 amide bonds. The van der Waals surface area contributed by atoms with Crippen molar-refractivity contribution in [3.05, 3.63) is 0 Å². The Hall–Kier alpha value is -0.120. The maximum atomic E-state index is 5.29. The molecule has 0 saturated carbocycles. The first kappa shape index (κ1) is 16.9. The molecular formula is C16H34N2O. The zero-order chi connectivity index (χ0) is 13.9. The standard InChI is InChI=1S/C16H34N2O/c1-15(2)17-10-6-4-5-7-11-18-12-8-9-16(13-18)14-19-3/h15-17H,4-14H2,1-3H3. The number of unbranched alkanes of at least 4 members (excludes halogenated alkanes) is 3. The van der Waals surface area contributed by atoms with Gasteiger partial charge >= 0.3 is 0 Å². The fraction of sp³-hybridized carbons (Fsp3) is 1.00. The average Bonchev–Trinajstić information content (AvgIpc) is 2.38. The van der Waals surface area contributed by atoms with Gasteiger partial charge in [-0.2, -0.15) is 0 Å². The van der Waals surface area contributed by atoms with E-state index in [2.05, 4.69) is 24.1 Å². The van der Waals surface area contributed by atoms with Crippen LogP contribution in [0, 0.1) is 5.92 Å². The third-order valence-corrected chi connectivity index (χ3v) is 3.96. The summed E-state index contributed by atoms with van der Waals surface area (Å²) in [7, 11) is 1.82. The van der Waals surface area contributed by atoms with Crippen molar-refractivity contribution >= 4 is 0 Å². The van der Waals surface area contributed by atoms with E-state index in [1.807, 2.05) is 7.11 Å². The molecule has 1 saturated heterocycles. The number of methoxy groups -OCH3 is 1. The van der Waals surface area contributed by atoms with Gasteiger partial charge in [-0.25, -0.2) is 0 Å². The molecule has 1 aliphatic heterocycles. The normalized spacial score (nSPS) is 21.2. The van der Waals surface area contributed by atoms with Crippen LogP contribution in [0.3, 0.4) is 0 Å².